The Morgan fingerprint density at radius 2 is 1.75 bits per heavy atom. The van der Waals surface area contributed by atoms with E-state index in [9.17, 15) is 18.0 Å². The predicted molar refractivity (Wildman–Crippen MR) is 80.7 cm³/mol. The van der Waals surface area contributed by atoms with Crippen LogP contribution in [0.15, 0.2) is 36.7 Å². The van der Waals surface area contributed by atoms with Gasteiger partial charge < -0.3 is 5.73 Å². The van der Waals surface area contributed by atoms with Crippen LogP contribution in [0.2, 0.25) is 0 Å². The van der Waals surface area contributed by atoms with Crippen LogP contribution in [0.4, 0.5) is 18.9 Å². The zero-order chi connectivity index (χ0) is 17.2. The van der Waals surface area contributed by atoms with E-state index in [2.05, 4.69) is 0 Å². The van der Waals surface area contributed by atoms with Gasteiger partial charge in [0.1, 0.15) is 5.56 Å². The van der Waals surface area contributed by atoms with Crippen molar-refractivity contribution in [3.8, 4) is 0 Å². The molecular weight excluding hydrogens is 394 g/mol. The van der Waals surface area contributed by atoms with Crippen LogP contribution >= 0.6 is 0 Å². The molecule has 0 aliphatic rings. The monoisotopic (exact) mass is 412 g/mol. The van der Waals surface area contributed by atoms with Crippen molar-refractivity contribution in [2.24, 2.45) is 0 Å². The Morgan fingerprint density at radius 3 is 2.29 bits per heavy atom. The Balaban J connectivity index is 0.00000288. The van der Waals surface area contributed by atoms with E-state index in [0.717, 1.165) is 29.0 Å². The second-order valence-corrected chi connectivity index (χ2v) is 5.61. The number of hydrogen-bond donors (Lipinski definition) is 1. The molecule has 1 aromatic carbocycles. The second kappa shape index (κ2) is 8.21. The average Bonchev–Trinajstić information content (AvgIpc) is 2.41. The van der Waals surface area contributed by atoms with Crippen LogP contribution < -0.4 is 10.3 Å². The molecule has 125 valence electrons. The molecule has 2 rings (SSSR count). The minimum Gasteiger partial charge on any atom is -0.394 e. The smallest absolute Gasteiger partial charge is 0.394 e. The first kappa shape index (κ1) is 20.8. The van der Waals surface area contributed by atoms with E-state index < -0.39 is 11.7 Å². The molecule has 0 aliphatic heterocycles. The number of hydrogen-bond acceptors (Lipinski definition) is 2. The van der Waals surface area contributed by atoms with Crippen LogP contribution in [-0.2, 0) is 56.6 Å². The van der Waals surface area contributed by atoms with Gasteiger partial charge in [0, 0.05) is 39.1 Å². The summed E-state index contributed by atoms with van der Waals surface area (Å²) in [5, 5.41) is 0. The number of carbonyl (C=O) groups excluding carboxylic acids is 1. The maximum atomic E-state index is 12.8. The summed E-state index contributed by atoms with van der Waals surface area (Å²) in [6.07, 6.45) is -2.08. The van der Waals surface area contributed by atoms with Crippen LogP contribution in [0.25, 0.3) is 0 Å². The summed E-state index contributed by atoms with van der Waals surface area (Å²) in [4.78, 5) is 12.2. The Labute approximate surface area is 163 Å². The van der Waals surface area contributed by atoms with Crippen molar-refractivity contribution in [3.05, 3.63) is 58.9 Å². The fraction of sp³-hybridized carbons (Fsp3) is 0.294. The predicted octanol–water partition coefficient (Wildman–Crippen LogP) is 3.00. The number of ketones is 1. The van der Waals surface area contributed by atoms with Gasteiger partial charge in [-0.25, -0.2) is 0 Å². The van der Waals surface area contributed by atoms with E-state index in [4.69, 9.17) is 5.73 Å². The molecule has 24 heavy (non-hydrogen) atoms. The molecule has 0 atom stereocenters. The number of Topliss-reactive ketones (excluding diaryl/α,β-unsaturated/α-hetero) is 1. The quantitative estimate of drug-likeness (QED) is 0.786. The summed E-state index contributed by atoms with van der Waals surface area (Å²) in [7, 11) is 0. The van der Waals surface area contributed by atoms with Crippen molar-refractivity contribution in [2.75, 3.05) is 5.73 Å². The number of nitrogens with zero attached hydrogens (tertiary/aromatic N) is 1. The maximum Gasteiger partial charge on any atom is 0.422 e. The SMILES string of the molecule is Cc1cccc(C)c1CC(=O)C[n+]1cc(N)cc(C(F)(F)F)c1.[Y]. The van der Waals surface area contributed by atoms with Crippen LogP contribution in [-0.4, -0.2) is 5.78 Å². The van der Waals surface area contributed by atoms with E-state index in [1.165, 1.54) is 10.8 Å². The molecule has 0 saturated heterocycles. The minimum atomic E-state index is -4.49. The van der Waals surface area contributed by atoms with E-state index in [1.54, 1.807) is 0 Å². The topological polar surface area (TPSA) is 47.0 Å². The average molecular weight is 412 g/mol. The number of alkyl halides is 3. The molecule has 0 aliphatic carbocycles. The van der Waals surface area contributed by atoms with Gasteiger partial charge in [0.15, 0.2) is 12.4 Å². The van der Waals surface area contributed by atoms with Crippen molar-refractivity contribution >= 4 is 11.5 Å². The van der Waals surface area contributed by atoms with Crippen molar-refractivity contribution in [3.63, 3.8) is 0 Å². The van der Waals surface area contributed by atoms with Crippen molar-refractivity contribution < 1.29 is 55.2 Å². The van der Waals surface area contributed by atoms with Crippen molar-refractivity contribution in [1.82, 2.24) is 0 Å². The summed E-state index contributed by atoms with van der Waals surface area (Å²) >= 11 is 0. The Bertz CT molecular complexity index is 725. The number of aryl methyl sites for hydroxylation is 2. The molecule has 2 N–H and O–H groups in total. The molecule has 0 bridgehead atoms. The van der Waals surface area contributed by atoms with Gasteiger partial charge in [0.2, 0.25) is 12.3 Å². The van der Waals surface area contributed by atoms with Crippen LogP contribution in [0.5, 0.6) is 0 Å². The van der Waals surface area contributed by atoms with Crippen molar-refractivity contribution in [1.29, 1.82) is 0 Å². The van der Waals surface area contributed by atoms with Gasteiger partial charge in [-0.3, -0.25) is 4.79 Å². The van der Waals surface area contributed by atoms with E-state index in [1.807, 2.05) is 32.0 Å². The van der Waals surface area contributed by atoms with Gasteiger partial charge in [-0.2, -0.15) is 17.7 Å². The maximum absolute atomic E-state index is 12.8. The molecule has 2 aromatic rings. The summed E-state index contributed by atoms with van der Waals surface area (Å²) in [6, 6.07) is 6.57. The molecule has 1 aromatic heterocycles. The number of rotatable bonds is 4. The Kier molecular flexibility index (Phi) is 7.11. The Hall–Kier alpha value is -1.27. The van der Waals surface area contributed by atoms with Gasteiger partial charge in [-0.1, -0.05) is 18.2 Å². The van der Waals surface area contributed by atoms with Gasteiger partial charge >= 0.3 is 6.18 Å². The van der Waals surface area contributed by atoms with Crippen molar-refractivity contribution in [2.45, 2.75) is 33.0 Å². The fourth-order valence-electron chi connectivity index (χ4n) is 2.49. The molecule has 1 heterocycles. The van der Waals surface area contributed by atoms with Gasteiger partial charge in [0.05, 0.1) is 5.69 Å². The van der Waals surface area contributed by atoms with E-state index in [-0.39, 0.29) is 57.1 Å². The number of nitrogens with two attached hydrogens (primary N) is 1. The molecule has 0 unspecified atom stereocenters. The van der Waals surface area contributed by atoms with Gasteiger partial charge in [-0.05, 0) is 36.6 Å². The summed E-state index contributed by atoms with van der Waals surface area (Å²) < 4.78 is 39.5. The standard InChI is InChI=1S/C17H18F3N2O.Y/c1-11-4-3-5-12(2)16(11)7-15(23)10-22-8-13(17(18,19)20)6-14(21)9-22;/h3-6,8-9H,7,10,21H2,1-2H3;/q+1;. The first-order chi connectivity index (χ1) is 10.7. The van der Waals surface area contributed by atoms with E-state index >= 15 is 0 Å². The first-order valence-corrected chi connectivity index (χ1v) is 7.10. The van der Waals surface area contributed by atoms with Gasteiger partial charge in [0.25, 0.3) is 0 Å². The van der Waals surface area contributed by atoms with Crippen LogP contribution in [0, 0.1) is 13.8 Å². The summed E-state index contributed by atoms with van der Waals surface area (Å²) in [5.41, 5.74) is 7.51. The Morgan fingerprint density at radius 1 is 1.17 bits per heavy atom. The molecule has 7 heteroatoms. The molecule has 0 fully saturated rings. The third-order valence-corrected chi connectivity index (χ3v) is 3.65. The zero-order valence-corrected chi connectivity index (χ0v) is 16.4. The minimum absolute atomic E-state index is 0. The normalized spacial score (nSPS) is 11.0. The second-order valence-electron chi connectivity index (χ2n) is 5.61. The molecular formula is C17H18F3N2OY+. The fourth-order valence-corrected chi connectivity index (χ4v) is 2.49. The summed E-state index contributed by atoms with van der Waals surface area (Å²) in [6.45, 7) is 3.66. The molecule has 3 nitrogen and oxygen atoms in total. The molecule has 0 amide bonds. The number of anilines is 1. The molecule has 0 spiro atoms. The summed E-state index contributed by atoms with van der Waals surface area (Å²) in [5.74, 6) is -0.175. The third kappa shape index (κ3) is 5.38. The van der Waals surface area contributed by atoms with E-state index in [0.29, 0.717) is 0 Å². The number of pyridine rings is 1. The number of carbonyl (C=O) groups is 1. The largest absolute Gasteiger partial charge is 0.422 e. The van der Waals surface area contributed by atoms with Gasteiger partial charge in [-0.15, -0.1) is 0 Å². The number of aromatic nitrogens is 1. The first-order valence-electron chi connectivity index (χ1n) is 7.10. The zero-order valence-electron chi connectivity index (χ0n) is 13.5. The third-order valence-electron chi connectivity index (χ3n) is 3.65. The molecule has 1 radical (unpaired) electrons. The number of halogens is 3. The van der Waals surface area contributed by atoms with Crippen LogP contribution in [0.3, 0.4) is 0 Å². The number of nitrogen functional groups attached to an aromatic ring is 1. The number of benzene rings is 1. The molecule has 0 saturated carbocycles. The van der Waals surface area contributed by atoms with Crippen LogP contribution in [0.1, 0.15) is 22.3 Å².